The van der Waals surface area contributed by atoms with Gasteiger partial charge in [0.05, 0.1) is 0 Å². The zero-order valence-electron chi connectivity index (χ0n) is 13.2. The number of hydrogen-bond donors (Lipinski definition) is 0. The molecule has 0 aromatic carbocycles. The molecule has 1 aromatic rings. The van der Waals surface area contributed by atoms with Crippen molar-refractivity contribution in [1.82, 2.24) is 9.88 Å². The number of aromatic nitrogens is 1. The third kappa shape index (κ3) is 4.94. The third-order valence-electron chi connectivity index (χ3n) is 3.18. The van der Waals surface area contributed by atoms with Crippen LogP contribution in [0, 0.1) is 0 Å². The minimum absolute atomic E-state index is 0.153. The lowest BCUT2D eigenvalue weighted by Crippen LogP contribution is -2.39. The van der Waals surface area contributed by atoms with Crippen LogP contribution in [0.15, 0.2) is 23.8 Å². The summed E-state index contributed by atoms with van der Waals surface area (Å²) in [6.45, 7) is 6.21. The van der Waals surface area contributed by atoms with Crippen molar-refractivity contribution in [2.45, 2.75) is 32.8 Å². The van der Waals surface area contributed by atoms with Gasteiger partial charge in [0.2, 0.25) is 0 Å². The fourth-order valence-electron chi connectivity index (χ4n) is 2.15. The molecule has 0 saturated carbocycles. The van der Waals surface area contributed by atoms with Crippen molar-refractivity contribution in [1.29, 1.82) is 0 Å². The summed E-state index contributed by atoms with van der Waals surface area (Å²) in [5.41, 5.74) is 0.483. The molecule has 1 aliphatic heterocycles. The SMILES string of the molecule is CC(C)(C)OC(=O)N1CC=C(C(=O)c2cc(Cl)nc(Cl)c2)CC1. The van der Waals surface area contributed by atoms with Gasteiger partial charge in [0.1, 0.15) is 15.9 Å². The molecular weight excluding hydrogens is 339 g/mol. The second kappa shape index (κ2) is 6.89. The summed E-state index contributed by atoms with van der Waals surface area (Å²) in [5, 5.41) is 0.347. The zero-order valence-corrected chi connectivity index (χ0v) is 14.7. The number of hydrogen-bond acceptors (Lipinski definition) is 4. The molecule has 0 radical (unpaired) electrons. The molecule has 0 aliphatic carbocycles. The maximum Gasteiger partial charge on any atom is 0.410 e. The summed E-state index contributed by atoms with van der Waals surface area (Å²) >= 11 is 11.6. The summed E-state index contributed by atoms with van der Waals surface area (Å²) in [4.78, 5) is 29.8. The first-order valence-corrected chi connectivity index (χ1v) is 7.96. The number of pyridine rings is 1. The molecule has 5 nitrogen and oxygen atoms in total. The predicted octanol–water partition coefficient (Wildman–Crippen LogP) is 4.14. The molecule has 1 aromatic heterocycles. The van der Waals surface area contributed by atoms with Gasteiger partial charge in [0, 0.05) is 18.7 Å². The van der Waals surface area contributed by atoms with Crippen LogP contribution in [-0.2, 0) is 4.74 Å². The highest BCUT2D eigenvalue weighted by Gasteiger charge is 2.25. The lowest BCUT2D eigenvalue weighted by atomic mass is 9.99. The summed E-state index contributed by atoms with van der Waals surface area (Å²) < 4.78 is 5.32. The highest BCUT2D eigenvalue weighted by Crippen LogP contribution is 2.21. The number of halogens is 2. The molecular formula is C16H18Cl2N2O3. The molecule has 124 valence electrons. The van der Waals surface area contributed by atoms with E-state index in [1.54, 1.807) is 11.0 Å². The molecule has 23 heavy (non-hydrogen) atoms. The van der Waals surface area contributed by atoms with Gasteiger partial charge in [-0.05, 0) is 44.9 Å². The molecule has 0 spiro atoms. The summed E-state index contributed by atoms with van der Waals surface area (Å²) in [6, 6.07) is 2.97. The number of rotatable bonds is 2. The van der Waals surface area contributed by atoms with Gasteiger partial charge in [0.15, 0.2) is 5.78 Å². The lowest BCUT2D eigenvalue weighted by molar-refractivity contribution is 0.0264. The molecule has 7 heteroatoms. The van der Waals surface area contributed by atoms with Crippen molar-refractivity contribution in [3.05, 3.63) is 39.7 Å². The fraction of sp³-hybridized carbons (Fsp3) is 0.438. The Kier molecular flexibility index (Phi) is 5.32. The molecule has 0 atom stereocenters. The Balaban J connectivity index is 2.06. The number of Topliss-reactive ketones (excluding diaryl/α,β-unsaturated/α-hetero) is 1. The molecule has 0 fully saturated rings. The standard InChI is InChI=1S/C16H18Cl2N2O3/c1-16(2,3)23-15(22)20-6-4-10(5-7-20)14(21)11-8-12(17)19-13(18)9-11/h4,8-9H,5-7H2,1-3H3. The quantitative estimate of drug-likeness (QED) is 0.590. The number of ether oxygens (including phenoxy) is 1. The summed E-state index contributed by atoms with van der Waals surface area (Å²) in [7, 11) is 0. The molecule has 2 rings (SSSR count). The van der Waals surface area contributed by atoms with Crippen LogP contribution in [0.25, 0.3) is 0 Å². The number of amides is 1. The van der Waals surface area contributed by atoms with E-state index in [-0.39, 0.29) is 22.2 Å². The Morgan fingerprint density at radius 1 is 1.22 bits per heavy atom. The van der Waals surface area contributed by atoms with Crippen molar-refractivity contribution < 1.29 is 14.3 Å². The van der Waals surface area contributed by atoms with E-state index in [0.29, 0.717) is 30.6 Å². The van der Waals surface area contributed by atoms with Crippen LogP contribution in [0.1, 0.15) is 37.6 Å². The number of carbonyl (C=O) groups is 2. The Labute approximate surface area is 145 Å². The molecule has 0 N–H and O–H groups in total. The Morgan fingerprint density at radius 3 is 2.30 bits per heavy atom. The van der Waals surface area contributed by atoms with Crippen molar-refractivity contribution in [3.63, 3.8) is 0 Å². The lowest BCUT2D eigenvalue weighted by Gasteiger charge is -2.29. The van der Waals surface area contributed by atoms with E-state index < -0.39 is 5.60 Å². The van der Waals surface area contributed by atoms with E-state index in [4.69, 9.17) is 27.9 Å². The van der Waals surface area contributed by atoms with Crippen molar-refractivity contribution in [3.8, 4) is 0 Å². The maximum absolute atomic E-state index is 12.5. The number of ketones is 1. The van der Waals surface area contributed by atoms with Crippen LogP contribution in [0.3, 0.4) is 0 Å². The van der Waals surface area contributed by atoms with Gasteiger partial charge in [-0.2, -0.15) is 0 Å². The molecule has 1 amide bonds. The topological polar surface area (TPSA) is 59.5 Å². The van der Waals surface area contributed by atoms with Crippen LogP contribution in [0.5, 0.6) is 0 Å². The number of nitrogens with zero attached hydrogens (tertiary/aromatic N) is 2. The van der Waals surface area contributed by atoms with Gasteiger partial charge in [-0.3, -0.25) is 4.79 Å². The van der Waals surface area contributed by atoms with Gasteiger partial charge < -0.3 is 9.64 Å². The van der Waals surface area contributed by atoms with Crippen LogP contribution in [0.4, 0.5) is 4.79 Å². The van der Waals surface area contributed by atoms with Gasteiger partial charge >= 0.3 is 6.09 Å². The van der Waals surface area contributed by atoms with Crippen molar-refractivity contribution in [2.75, 3.05) is 13.1 Å². The first-order valence-electron chi connectivity index (χ1n) is 7.20. The van der Waals surface area contributed by atoms with Crippen molar-refractivity contribution in [2.24, 2.45) is 0 Å². The van der Waals surface area contributed by atoms with Gasteiger partial charge in [0.25, 0.3) is 0 Å². The Morgan fingerprint density at radius 2 is 1.83 bits per heavy atom. The van der Waals surface area contributed by atoms with Gasteiger partial charge in [-0.15, -0.1) is 0 Å². The summed E-state index contributed by atoms with van der Waals surface area (Å²) in [5.74, 6) is -0.153. The first-order chi connectivity index (χ1) is 10.7. The van der Waals surface area contributed by atoms with Gasteiger partial charge in [-0.1, -0.05) is 29.3 Å². The zero-order chi connectivity index (χ0) is 17.2. The largest absolute Gasteiger partial charge is 0.444 e. The second-order valence-electron chi connectivity index (χ2n) is 6.24. The van der Waals surface area contributed by atoms with E-state index in [9.17, 15) is 9.59 Å². The van der Waals surface area contributed by atoms with E-state index >= 15 is 0 Å². The minimum Gasteiger partial charge on any atom is -0.444 e. The Hall–Kier alpha value is -1.59. The van der Waals surface area contributed by atoms with E-state index in [0.717, 1.165) is 0 Å². The minimum atomic E-state index is -0.540. The smallest absolute Gasteiger partial charge is 0.410 e. The van der Waals surface area contributed by atoms with Crippen LogP contribution >= 0.6 is 23.2 Å². The van der Waals surface area contributed by atoms with E-state index in [1.165, 1.54) is 12.1 Å². The number of carbonyl (C=O) groups excluding carboxylic acids is 2. The molecule has 0 saturated heterocycles. The molecule has 0 unspecified atom stereocenters. The molecule has 0 bridgehead atoms. The normalized spacial score (nSPS) is 15.2. The first kappa shape index (κ1) is 17.8. The fourth-order valence-corrected chi connectivity index (χ4v) is 2.61. The predicted molar refractivity (Wildman–Crippen MR) is 89.1 cm³/mol. The molecule has 1 aliphatic rings. The van der Waals surface area contributed by atoms with E-state index in [2.05, 4.69) is 4.98 Å². The highest BCUT2D eigenvalue weighted by atomic mass is 35.5. The average molecular weight is 357 g/mol. The maximum atomic E-state index is 12.5. The average Bonchev–Trinajstić information content (AvgIpc) is 2.44. The van der Waals surface area contributed by atoms with Crippen molar-refractivity contribution >= 4 is 35.1 Å². The molecule has 2 heterocycles. The van der Waals surface area contributed by atoms with Crippen LogP contribution in [-0.4, -0.2) is 40.5 Å². The monoisotopic (exact) mass is 356 g/mol. The van der Waals surface area contributed by atoms with E-state index in [1.807, 2.05) is 20.8 Å². The van der Waals surface area contributed by atoms with Crippen LogP contribution in [0.2, 0.25) is 10.3 Å². The Bertz CT molecular complexity index is 646. The van der Waals surface area contributed by atoms with Gasteiger partial charge in [-0.25, -0.2) is 9.78 Å². The summed E-state index contributed by atoms with van der Waals surface area (Å²) in [6.07, 6.45) is 1.81. The third-order valence-corrected chi connectivity index (χ3v) is 3.56. The second-order valence-corrected chi connectivity index (χ2v) is 7.01. The van der Waals surface area contributed by atoms with Crippen LogP contribution < -0.4 is 0 Å². The highest BCUT2D eigenvalue weighted by molar-refractivity contribution is 6.33.